The molecule has 0 radical (unpaired) electrons. The first-order chi connectivity index (χ1) is 14.2. The highest BCUT2D eigenvalue weighted by Crippen LogP contribution is 2.41. The predicted octanol–water partition coefficient (Wildman–Crippen LogP) is 3.97. The fourth-order valence-electron chi connectivity index (χ4n) is 3.32. The summed E-state index contributed by atoms with van der Waals surface area (Å²) in [4.78, 5) is 13.2. The Morgan fingerprint density at radius 2 is 1.52 bits per heavy atom. The van der Waals surface area contributed by atoms with Crippen molar-refractivity contribution >= 4 is 16.9 Å². The van der Waals surface area contributed by atoms with E-state index in [0.29, 0.717) is 39.8 Å². The second-order valence-electron chi connectivity index (χ2n) is 6.28. The van der Waals surface area contributed by atoms with Crippen LogP contribution in [0.4, 0.5) is 5.82 Å². The molecule has 2 N–H and O–H groups in total. The summed E-state index contributed by atoms with van der Waals surface area (Å²) in [6.45, 7) is 0. The number of benzene rings is 2. The van der Waals surface area contributed by atoms with Crippen LogP contribution in [-0.2, 0) is 0 Å². The SMILES string of the molecule is COc1ccc(OC)c(-c2cc(-c3ccccc3OC)nc3ncnc(N)c23)c1. The van der Waals surface area contributed by atoms with Crippen LogP contribution in [0.2, 0.25) is 0 Å². The molecular formula is C22H20N4O3. The number of fused-ring (bicyclic) bond motifs is 1. The zero-order chi connectivity index (χ0) is 20.4. The summed E-state index contributed by atoms with van der Waals surface area (Å²) in [5.41, 5.74) is 9.85. The van der Waals surface area contributed by atoms with E-state index >= 15 is 0 Å². The molecule has 0 bridgehead atoms. The Hall–Kier alpha value is -3.87. The molecule has 0 aliphatic carbocycles. The molecule has 7 nitrogen and oxygen atoms in total. The van der Waals surface area contributed by atoms with E-state index in [0.717, 1.165) is 16.7 Å². The number of anilines is 1. The smallest absolute Gasteiger partial charge is 0.165 e. The number of aromatic nitrogens is 3. The standard InChI is InChI=1S/C22H20N4O3/c1-27-13-8-9-19(29-3)15(10-13)16-11-17(14-6-4-5-7-18(14)28-2)26-22-20(16)21(23)24-12-25-22/h4-12H,1-3H3,(H2,23,24,25,26). The zero-order valence-corrected chi connectivity index (χ0v) is 16.3. The number of nitrogen functional groups attached to an aromatic ring is 1. The lowest BCUT2D eigenvalue weighted by molar-refractivity contribution is 0.404. The topological polar surface area (TPSA) is 92.4 Å². The second-order valence-corrected chi connectivity index (χ2v) is 6.28. The average molecular weight is 388 g/mol. The van der Waals surface area contributed by atoms with Gasteiger partial charge in [-0.15, -0.1) is 0 Å². The van der Waals surface area contributed by atoms with Gasteiger partial charge in [0.2, 0.25) is 0 Å². The fraction of sp³-hybridized carbons (Fsp3) is 0.136. The lowest BCUT2D eigenvalue weighted by atomic mass is 9.98. The van der Waals surface area contributed by atoms with E-state index in [1.165, 1.54) is 6.33 Å². The van der Waals surface area contributed by atoms with E-state index < -0.39 is 0 Å². The first-order valence-corrected chi connectivity index (χ1v) is 8.93. The van der Waals surface area contributed by atoms with Gasteiger partial charge in [0.25, 0.3) is 0 Å². The molecule has 0 unspecified atom stereocenters. The van der Waals surface area contributed by atoms with Crippen molar-refractivity contribution in [2.75, 3.05) is 27.1 Å². The number of nitrogens with two attached hydrogens (primary N) is 1. The Labute approximate surface area is 168 Å². The van der Waals surface area contributed by atoms with E-state index in [2.05, 4.69) is 9.97 Å². The Morgan fingerprint density at radius 1 is 0.759 bits per heavy atom. The van der Waals surface area contributed by atoms with Gasteiger partial charge in [0, 0.05) is 16.7 Å². The molecule has 2 heterocycles. The summed E-state index contributed by atoms with van der Waals surface area (Å²) >= 11 is 0. The van der Waals surface area contributed by atoms with Gasteiger partial charge in [-0.25, -0.2) is 15.0 Å². The van der Waals surface area contributed by atoms with Crippen LogP contribution in [0.15, 0.2) is 54.9 Å². The maximum Gasteiger partial charge on any atom is 0.165 e. The van der Waals surface area contributed by atoms with Crippen molar-refractivity contribution in [1.82, 2.24) is 15.0 Å². The zero-order valence-electron chi connectivity index (χ0n) is 16.3. The van der Waals surface area contributed by atoms with E-state index in [1.54, 1.807) is 21.3 Å². The predicted molar refractivity (Wildman–Crippen MR) is 112 cm³/mol. The molecule has 0 atom stereocenters. The Morgan fingerprint density at radius 3 is 2.28 bits per heavy atom. The van der Waals surface area contributed by atoms with Gasteiger partial charge >= 0.3 is 0 Å². The third kappa shape index (κ3) is 3.27. The van der Waals surface area contributed by atoms with Gasteiger partial charge in [0.05, 0.1) is 32.4 Å². The average Bonchev–Trinajstić information content (AvgIpc) is 2.78. The number of pyridine rings is 1. The van der Waals surface area contributed by atoms with Crippen molar-refractivity contribution in [1.29, 1.82) is 0 Å². The monoisotopic (exact) mass is 388 g/mol. The van der Waals surface area contributed by atoms with E-state index in [9.17, 15) is 0 Å². The molecule has 29 heavy (non-hydrogen) atoms. The number of ether oxygens (including phenoxy) is 3. The summed E-state index contributed by atoms with van der Waals surface area (Å²) in [5, 5.41) is 0.651. The third-order valence-corrected chi connectivity index (χ3v) is 4.71. The van der Waals surface area contributed by atoms with Crippen molar-refractivity contribution in [2.24, 2.45) is 0 Å². The summed E-state index contributed by atoms with van der Waals surface area (Å²) < 4.78 is 16.5. The highest BCUT2D eigenvalue weighted by Gasteiger charge is 2.18. The van der Waals surface area contributed by atoms with Crippen molar-refractivity contribution in [3.8, 4) is 39.6 Å². The van der Waals surface area contributed by atoms with Crippen LogP contribution in [0.1, 0.15) is 0 Å². The van der Waals surface area contributed by atoms with E-state index in [1.807, 2.05) is 48.5 Å². The summed E-state index contributed by atoms with van der Waals surface area (Å²) in [6.07, 6.45) is 1.41. The van der Waals surface area contributed by atoms with Crippen molar-refractivity contribution in [3.05, 3.63) is 54.9 Å². The molecule has 0 aliphatic heterocycles. The Bertz CT molecular complexity index is 1190. The van der Waals surface area contributed by atoms with Crippen LogP contribution in [0, 0.1) is 0 Å². The first kappa shape index (κ1) is 18.5. The molecule has 0 spiro atoms. The van der Waals surface area contributed by atoms with Gasteiger partial charge in [0.15, 0.2) is 5.65 Å². The molecule has 0 amide bonds. The molecule has 0 saturated heterocycles. The highest BCUT2D eigenvalue weighted by atomic mass is 16.5. The summed E-state index contributed by atoms with van der Waals surface area (Å²) in [5.74, 6) is 2.42. The quantitative estimate of drug-likeness (QED) is 0.553. The van der Waals surface area contributed by atoms with Crippen LogP contribution in [0.3, 0.4) is 0 Å². The second kappa shape index (κ2) is 7.63. The number of hydrogen-bond donors (Lipinski definition) is 1. The van der Waals surface area contributed by atoms with Gasteiger partial charge in [-0.05, 0) is 36.4 Å². The third-order valence-electron chi connectivity index (χ3n) is 4.71. The minimum Gasteiger partial charge on any atom is -0.497 e. The normalized spacial score (nSPS) is 10.7. The molecule has 0 fully saturated rings. The van der Waals surface area contributed by atoms with Gasteiger partial charge < -0.3 is 19.9 Å². The Kier molecular flexibility index (Phi) is 4.87. The van der Waals surface area contributed by atoms with Crippen LogP contribution >= 0.6 is 0 Å². The fourth-order valence-corrected chi connectivity index (χ4v) is 3.32. The van der Waals surface area contributed by atoms with Crippen LogP contribution in [0.25, 0.3) is 33.4 Å². The highest BCUT2D eigenvalue weighted by molar-refractivity contribution is 6.02. The molecule has 0 aliphatic rings. The summed E-state index contributed by atoms with van der Waals surface area (Å²) in [7, 11) is 4.87. The van der Waals surface area contributed by atoms with E-state index in [-0.39, 0.29) is 0 Å². The van der Waals surface area contributed by atoms with Crippen molar-refractivity contribution in [3.63, 3.8) is 0 Å². The van der Waals surface area contributed by atoms with Gasteiger partial charge in [0.1, 0.15) is 29.4 Å². The molecule has 2 aromatic heterocycles. The molecule has 146 valence electrons. The summed E-state index contributed by atoms with van der Waals surface area (Å²) in [6, 6.07) is 15.2. The van der Waals surface area contributed by atoms with Crippen molar-refractivity contribution < 1.29 is 14.2 Å². The molecule has 4 rings (SSSR count). The minimum atomic E-state index is 0.342. The number of rotatable bonds is 5. The van der Waals surface area contributed by atoms with Gasteiger partial charge in [-0.3, -0.25) is 0 Å². The number of hydrogen-bond acceptors (Lipinski definition) is 7. The number of para-hydroxylation sites is 1. The molecule has 4 aromatic rings. The lowest BCUT2D eigenvalue weighted by Crippen LogP contribution is -2.00. The molecule has 2 aromatic carbocycles. The maximum absolute atomic E-state index is 6.21. The van der Waals surface area contributed by atoms with Crippen molar-refractivity contribution in [2.45, 2.75) is 0 Å². The van der Waals surface area contributed by atoms with Crippen LogP contribution in [0.5, 0.6) is 17.2 Å². The maximum atomic E-state index is 6.21. The Balaban J connectivity index is 2.08. The molecular weight excluding hydrogens is 368 g/mol. The van der Waals surface area contributed by atoms with Gasteiger partial charge in [-0.2, -0.15) is 0 Å². The number of nitrogens with zero attached hydrogens (tertiary/aromatic N) is 3. The lowest BCUT2D eigenvalue weighted by Gasteiger charge is -2.15. The van der Waals surface area contributed by atoms with Crippen LogP contribution < -0.4 is 19.9 Å². The van der Waals surface area contributed by atoms with Gasteiger partial charge in [-0.1, -0.05) is 12.1 Å². The van der Waals surface area contributed by atoms with Crippen LogP contribution in [-0.4, -0.2) is 36.3 Å². The number of methoxy groups -OCH3 is 3. The molecule has 0 saturated carbocycles. The largest absolute Gasteiger partial charge is 0.497 e. The first-order valence-electron chi connectivity index (χ1n) is 8.93. The molecule has 7 heteroatoms. The van der Waals surface area contributed by atoms with E-state index in [4.69, 9.17) is 24.9 Å². The minimum absolute atomic E-state index is 0.342.